The molecule has 33 heavy (non-hydrogen) atoms. The van der Waals surface area contributed by atoms with Crippen molar-refractivity contribution >= 4 is 17.5 Å². The van der Waals surface area contributed by atoms with E-state index in [1.165, 1.54) is 49.4 Å². The highest BCUT2D eigenvalue weighted by Crippen LogP contribution is 2.33. The summed E-state index contributed by atoms with van der Waals surface area (Å²) in [7, 11) is 0. The number of rotatable bonds is 7. The fraction of sp³-hybridized carbons (Fsp3) is 0.250. The highest BCUT2D eigenvalue weighted by Gasteiger charge is 2.19. The number of hydrogen-bond acceptors (Lipinski definition) is 4. The van der Waals surface area contributed by atoms with E-state index in [-0.39, 0.29) is 5.78 Å². The summed E-state index contributed by atoms with van der Waals surface area (Å²) in [6.45, 7) is 0. The number of para-hydroxylation sites is 1. The molecular weight excluding hydrogens is 426 g/mol. The van der Waals surface area contributed by atoms with E-state index < -0.39 is 0 Å². The summed E-state index contributed by atoms with van der Waals surface area (Å²) in [5.74, 6) is 1.86. The number of ketones is 1. The van der Waals surface area contributed by atoms with E-state index >= 15 is 0 Å². The van der Waals surface area contributed by atoms with Gasteiger partial charge < -0.3 is 0 Å². The van der Waals surface area contributed by atoms with E-state index in [0.29, 0.717) is 16.8 Å². The Morgan fingerprint density at radius 3 is 2.18 bits per heavy atom. The van der Waals surface area contributed by atoms with E-state index in [2.05, 4.69) is 22.3 Å². The van der Waals surface area contributed by atoms with E-state index in [9.17, 15) is 4.79 Å². The van der Waals surface area contributed by atoms with Gasteiger partial charge in [0.25, 0.3) is 0 Å². The largest absolute Gasteiger partial charge is 0.293 e. The molecule has 3 aromatic carbocycles. The van der Waals surface area contributed by atoms with Crippen LogP contribution >= 0.6 is 11.8 Å². The molecule has 0 N–H and O–H groups in total. The molecule has 0 atom stereocenters. The normalized spacial score (nSPS) is 14.3. The standard InChI is InChI=1S/C28H27N3OS/c32-26(23-18-16-22(17-19-23)21-10-4-1-5-11-21)20-33-28-30-29-27(24-12-6-2-7-13-24)31(28)25-14-8-3-9-15-25/h2-3,6-9,12-19,21H,1,4-5,10-11,20H2. The molecule has 1 aliphatic rings. The van der Waals surface area contributed by atoms with Gasteiger partial charge in [0.1, 0.15) is 0 Å². The molecule has 166 valence electrons. The second kappa shape index (κ2) is 10.2. The van der Waals surface area contributed by atoms with E-state index in [1.807, 2.05) is 77.4 Å². The number of nitrogens with zero attached hydrogens (tertiary/aromatic N) is 3. The molecule has 0 bridgehead atoms. The summed E-state index contributed by atoms with van der Waals surface area (Å²) >= 11 is 1.43. The zero-order chi connectivity index (χ0) is 22.5. The average molecular weight is 454 g/mol. The van der Waals surface area contributed by atoms with Gasteiger partial charge in [-0.25, -0.2) is 0 Å². The lowest BCUT2D eigenvalue weighted by Crippen LogP contribution is -2.07. The van der Waals surface area contributed by atoms with E-state index in [4.69, 9.17) is 0 Å². The first-order valence-corrected chi connectivity index (χ1v) is 12.6. The molecule has 1 aliphatic carbocycles. The quantitative estimate of drug-likeness (QED) is 0.224. The second-order valence-electron chi connectivity index (χ2n) is 8.51. The van der Waals surface area contributed by atoms with Gasteiger partial charge in [-0.05, 0) is 36.5 Å². The molecule has 1 aromatic heterocycles. The van der Waals surface area contributed by atoms with Crippen LogP contribution < -0.4 is 0 Å². The van der Waals surface area contributed by atoms with E-state index in [1.54, 1.807) is 0 Å². The van der Waals surface area contributed by atoms with Gasteiger partial charge in [-0.15, -0.1) is 10.2 Å². The molecule has 0 amide bonds. The van der Waals surface area contributed by atoms with Crippen LogP contribution in [0.25, 0.3) is 17.1 Å². The Hall–Kier alpha value is -3.18. The fourth-order valence-corrected chi connectivity index (χ4v) is 5.38. The number of thioether (sulfide) groups is 1. The molecule has 0 unspecified atom stereocenters. The molecule has 5 heteroatoms. The van der Waals surface area contributed by atoms with Crippen LogP contribution in [0.1, 0.15) is 53.9 Å². The maximum atomic E-state index is 13.0. The number of carbonyl (C=O) groups is 1. The van der Waals surface area contributed by atoms with Gasteiger partial charge >= 0.3 is 0 Å². The molecule has 1 heterocycles. The second-order valence-corrected chi connectivity index (χ2v) is 9.45. The van der Waals surface area contributed by atoms with Crippen LogP contribution in [0.2, 0.25) is 0 Å². The number of Topliss-reactive ketones (excluding diaryl/α,β-unsaturated/α-hetero) is 1. The number of benzene rings is 3. The van der Waals surface area contributed by atoms with Crippen molar-refractivity contribution in [1.82, 2.24) is 14.8 Å². The topological polar surface area (TPSA) is 47.8 Å². The highest BCUT2D eigenvalue weighted by molar-refractivity contribution is 7.99. The smallest absolute Gasteiger partial charge is 0.196 e. The number of carbonyl (C=O) groups excluding carboxylic acids is 1. The van der Waals surface area contributed by atoms with Crippen LogP contribution in [0.15, 0.2) is 90.1 Å². The first kappa shape index (κ1) is 21.7. The summed E-state index contributed by atoms with van der Waals surface area (Å²) < 4.78 is 2.03. The Balaban J connectivity index is 1.34. The fourth-order valence-electron chi connectivity index (χ4n) is 4.54. The maximum absolute atomic E-state index is 13.0. The Labute approximate surface area is 199 Å². The van der Waals surface area contributed by atoms with Crippen molar-refractivity contribution in [3.05, 3.63) is 96.1 Å². The number of hydrogen-bond donors (Lipinski definition) is 0. The molecule has 0 radical (unpaired) electrons. The van der Waals surface area contributed by atoms with Gasteiger partial charge in [-0.1, -0.05) is 104 Å². The molecular formula is C28H27N3OS. The minimum atomic E-state index is 0.110. The first-order valence-electron chi connectivity index (χ1n) is 11.6. The zero-order valence-corrected chi connectivity index (χ0v) is 19.4. The molecule has 1 saturated carbocycles. The molecule has 0 aliphatic heterocycles. The van der Waals surface area contributed by atoms with Crippen molar-refractivity contribution in [2.45, 2.75) is 43.2 Å². The summed E-state index contributed by atoms with van der Waals surface area (Å²) in [5.41, 5.74) is 4.10. The minimum absolute atomic E-state index is 0.110. The lowest BCUT2D eigenvalue weighted by Gasteiger charge is -2.22. The lowest BCUT2D eigenvalue weighted by molar-refractivity contribution is 0.102. The van der Waals surface area contributed by atoms with Crippen molar-refractivity contribution in [1.29, 1.82) is 0 Å². The zero-order valence-electron chi connectivity index (χ0n) is 18.6. The Morgan fingerprint density at radius 2 is 1.48 bits per heavy atom. The first-order chi connectivity index (χ1) is 16.3. The Morgan fingerprint density at radius 1 is 0.818 bits per heavy atom. The van der Waals surface area contributed by atoms with Crippen LogP contribution in [-0.2, 0) is 0 Å². The van der Waals surface area contributed by atoms with Crippen LogP contribution in [0.3, 0.4) is 0 Å². The predicted molar refractivity (Wildman–Crippen MR) is 134 cm³/mol. The van der Waals surface area contributed by atoms with Gasteiger partial charge in [0.05, 0.1) is 5.75 Å². The van der Waals surface area contributed by atoms with Crippen LogP contribution in [0.5, 0.6) is 0 Å². The molecule has 5 rings (SSSR count). The molecule has 4 nitrogen and oxygen atoms in total. The van der Waals surface area contributed by atoms with Gasteiger partial charge in [0.2, 0.25) is 0 Å². The predicted octanol–water partition coefficient (Wildman–Crippen LogP) is 6.96. The van der Waals surface area contributed by atoms with Crippen molar-refractivity contribution < 1.29 is 4.79 Å². The maximum Gasteiger partial charge on any atom is 0.196 e. The average Bonchev–Trinajstić information content (AvgIpc) is 3.33. The summed E-state index contributed by atoms with van der Waals surface area (Å²) in [6.07, 6.45) is 6.51. The van der Waals surface area contributed by atoms with Crippen LogP contribution in [0, 0.1) is 0 Å². The molecule has 4 aromatic rings. The molecule has 0 spiro atoms. The lowest BCUT2D eigenvalue weighted by atomic mass is 9.84. The van der Waals surface area contributed by atoms with E-state index in [0.717, 1.165) is 22.6 Å². The van der Waals surface area contributed by atoms with Gasteiger partial charge in [0.15, 0.2) is 16.8 Å². The van der Waals surface area contributed by atoms with Crippen molar-refractivity contribution in [3.63, 3.8) is 0 Å². The van der Waals surface area contributed by atoms with Crippen LogP contribution in [0.4, 0.5) is 0 Å². The summed E-state index contributed by atoms with van der Waals surface area (Å²) in [6, 6.07) is 28.3. The highest BCUT2D eigenvalue weighted by atomic mass is 32.2. The van der Waals surface area contributed by atoms with Crippen molar-refractivity contribution in [2.24, 2.45) is 0 Å². The summed E-state index contributed by atoms with van der Waals surface area (Å²) in [5, 5.41) is 9.61. The third-order valence-corrected chi connectivity index (χ3v) is 7.25. The monoisotopic (exact) mass is 453 g/mol. The SMILES string of the molecule is O=C(CSc1nnc(-c2ccccc2)n1-c1ccccc1)c1ccc(C2CCCCC2)cc1. The molecule has 1 fully saturated rings. The number of aromatic nitrogens is 3. The minimum Gasteiger partial charge on any atom is -0.293 e. The van der Waals surface area contributed by atoms with Gasteiger partial charge in [-0.3, -0.25) is 9.36 Å². The van der Waals surface area contributed by atoms with Crippen LogP contribution in [-0.4, -0.2) is 26.3 Å². The Kier molecular flexibility index (Phi) is 6.68. The third-order valence-electron chi connectivity index (χ3n) is 6.32. The van der Waals surface area contributed by atoms with Gasteiger partial charge in [-0.2, -0.15) is 0 Å². The van der Waals surface area contributed by atoms with Crippen molar-refractivity contribution in [3.8, 4) is 17.1 Å². The Bertz CT molecular complexity index is 1200. The third kappa shape index (κ3) is 4.93. The van der Waals surface area contributed by atoms with Crippen molar-refractivity contribution in [2.75, 3.05) is 5.75 Å². The summed E-state index contributed by atoms with van der Waals surface area (Å²) in [4.78, 5) is 13.0. The molecule has 0 saturated heterocycles. The van der Waals surface area contributed by atoms with Gasteiger partial charge in [0, 0.05) is 16.8 Å².